The zero-order valence-electron chi connectivity index (χ0n) is 22.7. The van der Waals surface area contributed by atoms with E-state index in [2.05, 4.69) is 25.8 Å². The highest BCUT2D eigenvalue weighted by Crippen LogP contribution is 2.28. The predicted molar refractivity (Wildman–Crippen MR) is 156 cm³/mol. The van der Waals surface area contributed by atoms with Gasteiger partial charge in [0, 0.05) is 24.4 Å². The highest BCUT2D eigenvalue weighted by atomic mass is 32.2. The Morgan fingerprint density at radius 2 is 1.62 bits per heavy atom. The van der Waals surface area contributed by atoms with Crippen molar-refractivity contribution < 1.29 is 22.6 Å². The zero-order chi connectivity index (χ0) is 28.5. The molecule has 0 aliphatic heterocycles. The lowest BCUT2D eigenvalue weighted by Crippen LogP contribution is -2.07. The van der Waals surface area contributed by atoms with Crippen molar-refractivity contribution >= 4 is 33.0 Å². The van der Waals surface area contributed by atoms with Crippen LogP contribution in [0.3, 0.4) is 0 Å². The van der Waals surface area contributed by atoms with Crippen molar-refractivity contribution in [1.29, 1.82) is 0 Å². The Kier molecular flexibility index (Phi) is 9.18. The van der Waals surface area contributed by atoms with Gasteiger partial charge < -0.3 is 19.5 Å². The summed E-state index contributed by atoms with van der Waals surface area (Å²) < 4.78 is 40.2. The van der Waals surface area contributed by atoms with E-state index >= 15 is 0 Å². The molecule has 0 amide bonds. The maximum atomic E-state index is 11.7. The summed E-state index contributed by atoms with van der Waals surface area (Å²) in [5, 5.41) is 7.61. The predicted octanol–water partition coefficient (Wildman–Crippen LogP) is 5.10. The first-order chi connectivity index (χ1) is 19.2. The van der Waals surface area contributed by atoms with Crippen molar-refractivity contribution in [2.75, 3.05) is 37.8 Å². The van der Waals surface area contributed by atoms with Crippen molar-refractivity contribution in [2.24, 2.45) is 5.10 Å². The summed E-state index contributed by atoms with van der Waals surface area (Å²) in [5.41, 5.74) is 6.21. The van der Waals surface area contributed by atoms with E-state index in [1.807, 2.05) is 55.5 Å². The molecule has 40 heavy (non-hydrogen) atoms. The molecule has 208 valence electrons. The molecule has 3 aromatic carbocycles. The van der Waals surface area contributed by atoms with Crippen LogP contribution in [0.1, 0.15) is 18.1 Å². The van der Waals surface area contributed by atoms with Crippen LogP contribution in [0.25, 0.3) is 0 Å². The highest BCUT2D eigenvalue weighted by Gasteiger charge is 2.10. The Hall–Kier alpha value is -4.64. The van der Waals surface area contributed by atoms with Gasteiger partial charge in [0.2, 0.25) is 11.8 Å². The third-order valence-corrected chi connectivity index (χ3v) is 6.99. The summed E-state index contributed by atoms with van der Waals surface area (Å²) in [4.78, 5) is 9.27. The number of nitrogens with one attached hydrogen (secondary N) is 2. The van der Waals surface area contributed by atoms with Crippen LogP contribution < -0.4 is 25.0 Å². The van der Waals surface area contributed by atoms with Gasteiger partial charge in [-0.25, -0.2) is 8.42 Å². The van der Waals surface area contributed by atoms with E-state index in [9.17, 15) is 8.42 Å². The molecular formula is C29H31N5O5S. The third kappa shape index (κ3) is 7.70. The van der Waals surface area contributed by atoms with E-state index in [1.54, 1.807) is 44.6 Å². The molecule has 0 aliphatic carbocycles. The molecule has 0 saturated heterocycles. The average molecular weight is 562 g/mol. The van der Waals surface area contributed by atoms with Crippen molar-refractivity contribution in [3.05, 3.63) is 90.0 Å². The number of nitrogens with zero attached hydrogens (tertiary/aromatic N) is 3. The lowest BCUT2D eigenvalue weighted by atomic mass is 10.1. The molecule has 0 saturated carbocycles. The maximum Gasteiger partial charge on any atom is 0.232 e. The summed E-state index contributed by atoms with van der Waals surface area (Å²) in [5.74, 6) is 2.44. The molecule has 10 nitrogen and oxygen atoms in total. The number of hydrazone groups is 1. The molecule has 11 heteroatoms. The van der Waals surface area contributed by atoms with Gasteiger partial charge in [0.25, 0.3) is 0 Å². The molecule has 0 aliphatic rings. The fraction of sp³-hybridized carbons (Fsp3) is 0.207. The van der Waals surface area contributed by atoms with Crippen LogP contribution in [0.5, 0.6) is 17.4 Å². The van der Waals surface area contributed by atoms with Gasteiger partial charge in [-0.3, -0.25) is 5.43 Å². The van der Waals surface area contributed by atoms with E-state index < -0.39 is 9.84 Å². The first-order valence-corrected chi connectivity index (χ1v) is 14.3. The minimum absolute atomic E-state index is 0.249. The largest absolute Gasteiger partial charge is 0.493 e. The van der Waals surface area contributed by atoms with Crippen molar-refractivity contribution in [2.45, 2.75) is 18.2 Å². The zero-order valence-corrected chi connectivity index (χ0v) is 23.5. The Balaban J connectivity index is 1.51. The Morgan fingerprint density at radius 1 is 0.900 bits per heavy atom. The third-order valence-electron chi connectivity index (χ3n) is 5.86. The number of hydrogen-bond donors (Lipinski definition) is 2. The summed E-state index contributed by atoms with van der Waals surface area (Å²) in [6, 6.07) is 23.5. The van der Waals surface area contributed by atoms with Crippen LogP contribution >= 0.6 is 0 Å². The van der Waals surface area contributed by atoms with E-state index in [1.165, 1.54) is 6.26 Å². The lowest BCUT2D eigenvalue weighted by molar-refractivity contribution is 0.309. The van der Waals surface area contributed by atoms with Gasteiger partial charge in [-0.05, 0) is 54.4 Å². The molecule has 2 N–H and O–H groups in total. The molecule has 0 spiro atoms. The molecule has 0 fully saturated rings. The van der Waals surface area contributed by atoms with Crippen LogP contribution in [0.4, 0.5) is 17.5 Å². The second kappa shape index (κ2) is 12.9. The van der Waals surface area contributed by atoms with E-state index in [4.69, 9.17) is 14.2 Å². The lowest BCUT2D eigenvalue weighted by Gasteiger charge is -2.12. The first kappa shape index (κ1) is 28.4. The Morgan fingerprint density at radius 3 is 2.30 bits per heavy atom. The summed E-state index contributed by atoms with van der Waals surface area (Å²) in [6.07, 6.45) is 1.80. The smallest absolute Gasteiger partial charge is 0.232 e. The van der Waals surface area contributed by atoms with Gasteiger partial charge in [-0.2, -0.15) is 15.1 Å². The first-order valence-electron chi connectivity index (χ1n) is 12.4. The van der Waals surface area contributed by atoms with E-state index in [0.717, 1.165) is 16.8 Å². The summed E-state index contributed by atoms with van der Waals surface area (Å²) in [6.45, 7) is 2.18. The monoisotopic (exact) mass is 561 g/mol. The molecule has 0 unspecified atom stereocenters. The molecule has 1 heterocycles. The normalized spacial score (nSPS) is 11.6. The highest BCUT2D eigenvalue weighted by molar-refractivity contribution is 7.90. The molecule has 1 aromatic heterocycles. The summed E-state index contributed by atoms with van der Waals surface area (Å²) in [7, 11) is -0.0728. The molecular weight excluding hydrogens is 530 g/mol. The molecule has 0 bridgehead atoms. The van der Waals surface area contributed by atoms with Crippen LogP contribution in [-0.2, 0) is 16.3 Å². The molecule has 4 aromatic rings. The van der Waals surface area contributed by atoms with E-state index in [0.29, 0.717) is 47.9 Å². The van der Waals surface area contributed by atoms with Crippen LogP contribution in [0, 0.1) is 0 Å². The molecule has 4 rings (SSSR count). The second-order valence-corrected chi connectivity index (χ2v) is 10.8. The fourth-order valence-corrected chi connectivity index (χ4v) is 4.35. The van der Waals surface area contributed by atoms with Gasteiger partial charge in [-0.15, -0.1) is 0 Å². The maximum absolute atomic E-state index is 11.7. The second-order valence-electron chi connectivity index (χ2n) is 8.80. The number of para-hydroxylation sites is 1. The number of aromatic nitrogens is 2. The van der Waals surface area contributed by atoms with Crippen molar-refractivity contribution in [3.8, 4) is 17.4 Å². The van der Waals surface area contributed by atoms with Crippen LogP contribution in [0.15, 0.2) is 88.9 Å². The summed E-state index contributed by atoms with van der Waals surface area (Å²) >= 11 is 0. The minimum Gasteiger partial charge on any atom is -0.493 e. The topological polar surface area (TPSA) is 124 Å². The Labute approximate surface area is 234 Å². The molecule has 0 radical (unpaired) electrons. The van der Waals surface area contributed by atoms with Gasteiger partial charge >= 0.3 is 0 Å². The van der Waals surface area contributed by atoms with Crippen molar-refractivity contribution in [3.63, 3.8) is 0 Å². The van der Waals surface area contributed by atoms with E-state index in [-0.39, 0.29) is 4.90 Å². The van der Waals surface area contributed by atoms with Crippen LogP contribution in [0.2, 0.25) is 0 Å². The number of methoxy groups -OCH3 is 2. The number of anilines is 3. The number of sulfone groups is 1. The molecule has 0 atom stereocenters. The quantitative estimate of drug-likeness (QED) is 0.180. The fourth-order valence-electron chi connectivity index (χ4n) is 3.72. The number of benzene rings is 3. The number of ether oxygens (including phenoxy) is 3. The van der Waals surface area contributed by atoms with Crippen molar-refractivity contribution in [1.82, 2.24) is 9.97 Å². The minimum atomic E-state index is -3.27. The SMILES string of the molecule is COc1ccc(CCOc2cc(NN=C(C)c3ccc(S(C)(=O)=O)cc3)nc(Nc3ccccc3)n2)cc1OC. The van der Waals surface area contributed by atoms with Crippen LogP contribution in [-0.4, -0.2) is 51.2 Å². The Bertz CT molecular complexity index is 1580. The number of rotatable bonds is 12. The average Bonchev–Trinajstić information content (AvgIpc) is 2.96. The standard InChI is InChI=1S/C29H31N5O5S/c1-20(22-11-13-24(14-12-22)40(4,35)36)33-34-27-19-28(32-29(31-27)30-23-8-6-5-7-9-23)39-17-16-21-10-15-25(37-2)26(18-21)38-3/h5-15,18-19H,16-17H2,1-4H3,(H2,30,31,32,34). The van der Waals surface area contributed by atoms with Gasteiger partial charge in [0.05, 0.1) is 31.4 Å². The number of hydrogen-bond acceptors (Lipinski definition) is 10. The van der Waals surface area contributed by atoms with Gasteiger partial charge in [0.15, 0.2) is 27.2 Å². The van der Waals surface area contributed by atoms with Gasteiger partial charge in [0.1, 0.15) is 0 Å². The van der Waals surface area contributed by atoms with Gasteiger partial charge in [-0.1, -0.05) is 36.4 Å².